The summed E-state index contributed by atoms with van der Waals surface area (Å²) < 4.78 is 5.09. The molecule has 0 bridgehead atoms. The molecule has 0 aromatic heterocycles. The van der Waals surface area contributed by atoms with E-state index in [1.54, 1.807) is 7.11 Å². The van der Waals surface area contributed by atoms with Gasteiger partial charge in [0.05, 0.1) is 0 Å². The standard InChI is InChI=1S/C11H25NO/c1-6-9(2)11(12-4)10(3)7-8-13-5/h9-12H,6-8H2,1-5H3. The maximum Gasteiger partial charge on any atom is 0.0465 e. The molecule has 2 nitrogen and oxygen atoms in total. The van der Waals surface area contributed by atoms with E-state index in [1.807, 2.05) is 0 Å². The maximum absolute atomic E-state index is 5.09. The van der Waals surface area contributed by atoms with E-state index < -0.39 is 0 Å². The van der Waals surface area contributed by atoms with Gasteiger partial charge in [0.2, 0.25) is 0 Å². The van der Waals surface area contributed by atoms with Crippen LogP contribution in [0.4, 0.5) is 0 Å². The van der Waals surface area contributed by atoms with Gasteiger partial charge in [0.1, 0.15) is 0 Å². The van der Waals surface area contributed by atoms with Crippen LogP contribution in [0, 0.1) is 11.8 Å². The summed E-state index contributed by atoms with van der Waals surface area (Å²) in [5.74, 6) is 1.44. The number of hydrogen-bond donors (Lipinski definition) is 1. The molecule has 1 N–H and O–H groups in total. The van der Waals surface area contributed by atoms with Gasteiger partial charge in [0, 0.05) is 19.8 Å². The average Bonchev–Trinajstić information content (AvgIpc) is 2.15. The number of rotatable bonds is 7. The third-order valence-corrected chi connectivity index (χ3v) is 2.98. The second-order valence-corrected chi connectivity index (χ2v) is 3.96. The van der Waals surface area contributed by atoms with E-state index in [-0.39, 0.29) is 0 Å². The van der Waals surface area contributed by atoms with Crippen LogP contribution in [0.3, 0.4) is 0 Å². The fourth-order valence-corrected chi connectivity index (χ4v) is 1.87. The van der Waals surface area contributed by atoms with Crippen LogP contribution in [0.15, 0.2) is 0 Å². The van der Waals surface area contributed by atoms with Gasteiger partial charge in [-0.2, -0.15) is 0 Å². The van der Waals surface area contributed by atoms with Crippen LogP contribution in [-0.2, 0) is 4.74 Å². The predicted molar refractivity (Wildman–Crippen MR) is 58.0 cm³/mol. The molecule has 13 heavy (non-hydrogen) atoms. The molecule has 0 aliphatic carbocycles. The summed E-state index contributed by atoms with van der Waals surface area (Å²) >= 11 is 0. The fourth-order valence-electron chi connectivity index (χ4n) is 1.87. The van der Waals surface area contributed by atoms with Gasteiger partial charge in [-0.1, -0.05) is 27.2 Å². The van der Waals surface area contributed by atoms with Gasteiger partial charge in [-0.15, -0.1) is 0 Å². The SMILES string of the molecule is CCC(C)C(NC)C(C)CCOC. The molecule has 0 amide bonds. The van der Waals surface area contributed by atoms with Crippen molar-refractivity contribution in [3.8, 4) is 0 Å². The first kappa shape index (κ1) is 12.9. The molecule has 0 spiro atoms. The lowest BCUT2D eigenvalue weighted by atomic mass is 9.87. The lowest BCUT2D eigenvalue weighted by Gasteiger charge is -2.28. The monoisotopic (exact) mass is 187 g/mol. The van der Waals surface area contributed by atoms with E-state index in [0.717, 1.165) is 18.9 Å². The van der Waals surface area contributed by atoms with Crippen LogP contribution in [0.25, 0.3) is 0 Å². The minimum Gasteiger partial charge on any atom is -0.385 e. The third-order valence-electron chi connectivity index (χ3n) is 2.98. The molecule has 80 valence electrons. The predicted octanol–water partition coefficient (Wildman–Crippen LogP) is 2.29. The molecule has 0 aromatic carbocycles. The van der Waals surface area contributed by atoms with Crippen molar-refractivity contribution in [3.63, 3.8) is 0 Å². The zero-order valence-electron chi connectivity index (χ0n) is 9.76. The molecule has 2 heteroatoms. The summed E-state index contributed by atoms with van der Waals surface area (Å²) in [6.07, 6.45) is 2.38. The van der Waals surface area contributed by atoms with Crippen LogP contribution in [-0.4, -0.2) is 26.8 Å². The zero-order valence-corrected chi connectivity index (χ0v) is 9.76. The van der Waals surface area contributed by atoms with Gasteiger partial charge < -0.3 is 10.1 Å². The van der Waals surface area contributed by atoms with Crippen molar-refractivity contribution in [2.24, 2.45) is 11.8 Å². The second kappa shape index (κ2) is 7.34. The Hall–Kier alpha value is -0.0800. The Balaban J connectivity index is 3.90. The first-order chi connectivity index (χ1) is 6.17. The highest BCUT2D eigenvalue weighted by molar-refractivity contribution is 4.76. The third kappa shape index (κ3) is 4.63. The van der Waals surface area contributed by atoms with Crippen LogP contribution in [0.2, 0.25) is 0 Å². The van der Waals surface area contributed by atoms with E-state index in [4.69, 9.17) is 4.74 Å². The van der Waals surface area contributed by atoms with Crippen molar-refractivity contribution >= 4 is 0 Å². The molecule has 0 aliphatic rings. The highest BCUT2D eigenvalue weighted by Crippen LogP contribution is 2.18. The molecule has 3 atom stereocenters. The number of methoxy groups -OCH3 is 1. The number of hydrogen-bond acceptors (Lipinski definition) is 2. The highest BCUT2D eigenvalue weighted by Gasteiger charge is 2.20. The van der Waals surface area contributed by atoms with E-state index >= 15 is 0 Å². The molecule has 0 aliphatic heterocycles. The van der Waals surface area contributed by atoms with E-state index in [0.29, 0.717) is 12.0 Å². The van der Waals surface area contributed by atoms with Crippen LogP contribution >= 0.6 is 0 Å². The van der Waals surface area contributed by atoms with Gasteiger partial charge in [-0.05, 0) is 25.3 Å². The summed E-state index contributed by atoms with van der Waals surface area (Å²) in [6, 6.07) is 0.625. The van der Waals surface area contributed by atoms with Crippen LogP contribution < -0.4 is 5.32 Å². The van der Waals surface area contributed by atoms with E-state index in [2.05, 4.69) is 33.1 Å². The Kier molecular flexibility index (Phi) is 7.29. The molecule has 0 aromatic rings. The molecule has 0 saturated carbocycles. The van der Waals surface area contributed by atoms with Crippen LogP contribution in [0.1, 0.15) is 33.6 Å². The second-order valence-electron chi connectivity index (χ2n) is 3.96. The Labute approximate surface area is 83.1 Å². The molecule has 0 rings (SSSR count). The minimum atomic E-state index is 0.625. The highest BCUT2D eigenvalue weighted by atomic mass is 16.5. The van der Waals surface area contributed by atoms with Crippen molar-refractivity contribution in [3.05, 3.63) is 0 Å². The average molecular weight is 187 g/mol. The van der Waals surface area contributed by atoms with E-state index in [9.17, 15) is 0 Å². The summed E-state index contributed by atoms with van der Waals surface area (Å²) in [7, 11) is 3.82. The first-order valence-corrected chi connectivity index (χ1v) is 5.33. The molecular weight excluding hydrogens is 162 g/mol. The molecule has 0 radical (unpaired) electrons. The van der Waals surface area contributed by atoms with Gasteiger partial charge in [0.15, 0.2) is 0 Å². The number of nitrogens with one attached hydrogen (secondary N) is 1. The van der Waals surface area contributed by atoms with E-state index in [1.165, 1.54) is 6.42 Å². The molecule has 0 saturated heterocycles. The molecule has 0 fully saturated rings. The Morgan fingerprint density at radius 1 is 1.23 bits per heavy atom. The van der Waals surface area contributed by atoms with Gasteiger partial charge in [-0.3, -0.25) is 0 Å². The normalized spacial score (nSPS) is 18.2. The topological polar surface area (TPSA) is 21.3 Å². The Bertz CT molecular complexity index is 117. The quantitative estimate of drug-likeness (QED) is 0.660. The fraction of sp³-hybridized carbons (Fsp3) is 1.00. The molecule has 3 unspecified atom stereocenters. The lowest BCUT2D eigenvalue weighted by molar-refractivity contribution is 0.161. The van der Waals surface area contributed by atoms with Crippen molar-refractivity contribution in [2.75, 3.05) is 20.8 Å². The van der Waals surface area contributed by atoms with Crippen molar-refractivity contribution in [1.82, 2.24) is 5.32 Å². The zero-order chi connectivity index (χ0) is 10.3. The Morgan fingerprint density at radius 2 is 1.85 bits per heavy atom. The molecule has 0 heterocycles. The lowest BCUT2D eigenvalue weighted by Crippen LogP contribution is -2.38. The Morgan fingerprint density at radius 3 is 2.23 bits per heavy atom. The maximum atomic E-state index is 5.09. The van der Waals surface area contributed by atoms with Crippen molar-refractivity contribution < 1.29 is 4.74 Å². The van der Waals surface area contributed by atoms with Gasteiger partial charge in [-0.25, -0.2) is 0 Å². The molecular formula is C11H25NO. The summed E-state index contributed by atoms with van der Waals surface area (Å²) in [5, 5.41) is 3.41. The van der Waals surface area contributed by atoms with Gasteiger partial charge in [0.25, 0.3) is 0 Å². The van der Waals surface area contributed by atoms with Crippen molar-refractivity contribution in [2.45, 2.75) is 39.7 Å². The van der Waals surface area contributed by atoms with Gasteiger partial charge >= 0.3 is 0 Å². The number of ether oxygens (including phenoxy) is 1. The minimum absolute atomic E-state index is 0.625. The summed E-state index contributed by atoms with van der Waals surface area (Å²) in [6.45, 7) is 7.73. The summed E-state index contributed by atoms with van der Waals surface area (Å²) in [5.41, 5.74) is 0. The smallest absolute Gasteiger partial charge is 0.0465 e. The van der Waals surface area contributed by atoms with Crippen LogP contribution in [0.5, 0.6) is 0 Å². The summed E-state index contributed by atoms with van der Waals surface area (Å²) in [4.78, 5) is 0. The van der Waals surface area contributed by atoms with Crippen molar-refractivity contribution in [1.29, 1.82) is 0 Å². The largest absolute Gasteiger partial charge is 0.385 e. The first-order valence-electron chi connectivity index (χ1n) is 5.33.